The first-order chi connectivity index (χ1) is 10.7. The first-order valence-electron chi connectivity index (χ1n) is 8.55. The van der Waals surface area contributed by atoms with Crippen LogP contribution in [0.4, 0.5) is 5.69 Å². The van der Waals surface area contributed by atoms with E-state index in [1.807, 2.05) is 24.3 Å². The fourth-order valence-electron chi connectivity index (χ4n) is 3.53. The average Bonchev–Trinajstić information content (AvgIpc) is 3.21. The van der Waals surface area contributed by atoms with Crippen molar-refractivity contribution in [1.82, 2.24) is 5.32 Å². The molecule has 0 radical (unpaired) electrons. The van der Waals surface area contributed by atoms with Crippen LogP contribution in [0.15, 0.2) is 24.3 Å². The van der Waals surface area contributed by atoms with Gasteiger partial charge in [0.05, 0.1) is 11.6 Å². The van der Waals surface area contributed by atoms with Crippen LogP contribution in [0.1, 0.15) is 51.9 Å². The highest BCUT2D eigenvalue weighted by Gasteiger charge is 2.39. The minimum absolute atomic E-state index is 0.0805. The van der Waals surface area contributed by atoms with Crippen molar-refractivity contribution in [3.63, 3.8) is 0 Å². The molecule has 3 rings (SSSR count). The van der Waals surface area contributed by atoms with Crippen LogP contribution in [0.2, 0.25) is 0 Å². The largest absolute Gasteiger partial charge is 0.490 e. The molecule has 1 aromatic rings. The van der Waals surface area contributed by atoms with E-state index in [2.05, 4.69) is 17.6 Å². The second kappa shape index (κ2) is 6.69. The minimum atomic E-state index is -0.390. The average molecular weight is 302 g/mol. The van der Waals surface area contributed by atoms with Crippen LogP contribution >= 0.6 is 0 Å². The third kappa shape index (κ3) is 3.27. The van der Waals surface area contributed by atoms with Gasteiger partial charge < -0.3 is 15.4 Å². The molecule has 1 aliphatic heterocycles. The molecule has 1 saturated carbocycles. The molecule has 4 heteroatoms. The van der Waals surface area contributed by atoms with Gasteiger partial charge in [-0.1, -0.05) is 6.92 Å². The maximum Gasteiger partial charge on any atom is 0.244 e. The van der Waals surface area contributed by atoms with E-state index in [9.17, 15) is 4.79 Å². The Hall–Kier alpha value is -1.55. The highest BCUT2D eigenvalue weighted by Crippen LogP contribution is 2.27. The summed E-state index contributed by atoms with van der Waals surface area (Å²) < 4.78 is 5.95. The summed E-state index contributed by atoms with van der Waals surface area (Å²) in [5.41, 5.74) is 0.448. The summed E-state index contributed by atoms with van der Waals surface area (Å²) in [6.45, 7) is 2.99. The van der Waals surface area contributed by atoms with Crippen LogP contribution in [0.5, 0.6) is 5.75 Å². The summed E-state index contributed by atoms with van der Waals surface area (Å²) in [5, 5.41) is 6.40. The highest BCUT2D eigenvalue weighted by atomic mass is 16.5. The number of ether oxygens (including phenoxy) is 1. The zero-order valence-corrected chi connectivity index (χ0v) is 13.4. The second-order valence-corrected chi connectivity index (χ2v) is 6.47. The van der Waals surface area contributed by atoms with E-state index >= 15 is 0 Å². The van der Waals surface area contributed by atoms with Gasteiger partial charge in [-0.2, -0.15) is 0 Å². The predicted molar refractivity (Wildman–Crippen MR) is 88.2 cm³/mol. The quantitative estimate of drug-likeness (QED) is 0.875. The lowest BCUT2D eigenvalue weighted by Crippen LogP contribution is -2.50. The van der Waals surface area contributed by atoms with E-state index < -0.39 is 0 Å². The molecule has 1 heterocycles. The van der Waals surface area contributed by atoms with Gasteiger partial charge in [0, 0.05) is 5.69 Å². The van der Waals surface area contributed by atoms with E-state index in [1.165, 1.54) is 12.8 Å². The molecule has 1 aromatic carbocycles. The molecular formula is C18H26N2O2. The van der Waals surface area contributed by atoms with Gasteiger partial charge in [-0.05, 0) is 75.8 Å². The molecule has 4 nitrogen and oxygen atoms in total. The Balaban J connectivity index is 1.59. The molecule has 1 aliphatic carbocycles. The maximum atomic E-state index is 12.5. The Bertz CT molecular complexity index is 500. The van der Waals surface area contributed by atoms with Crippen molar-refractivity contribution in [2.45, 2.75) is 63.5 Å². The van der Waals surface area contributed by atoms with E-state index in [4.69, 9.17) is 4.74 Å². The van der Waals surface area contributed by atoms with E-state index in [-0.39, 0.29) is 11.4 Å². The molecule has 2 N–H and O–H groups in total. The molecule has 1 atom stereocenters. The van der Waals surface area contributed by atoms with Crippen LogP contribution in [-0.2, 0) is 4.79 Å². The Kier molecular flexibility index (Phi) is 4.67. The van der Waals surface area contributed by atoms with Crippen LogP contribution in [-0.4, -0.2) is 24.1 Å². The number of hydrogen-bond acceptors (Lipinski definition) is 3. The van der Waals surface area contributed by atoms with Crippen molar-refractivity contribution in [3.8, 4) is 5.75 Å². The number of hydrogen-bond donors (Lipinski definition) is 2. The number of carbonyl (C=O) groups is 1. The normalized spacial score (nSPS) is 25.3. The third-order valence-electron chi connectivity index (χ3n) is 5.00. The van der Waals surface area contributed by atoms with Gasteiger partial charge >= 0.3 is 0 Å². The van der Waals surface area contributed by atoms with Crippen LogP contribution in [0.25, 0.3) is 0 Å². The molecule has 0 spiro atoms. The number of carbonyl (C=O) groups excluding carboxylic acids is 1. The standard InChI is InChI=1S/C18H26N2O2/c1-2-18(12-5-13-19-18)17(21)20-14-8-10-16(11-9-14)22-15-6-3-4-7-15/h8-11,15,19H,2-7,12-13H2,1H3,(H,20,21). The van der Waals surface area contributed by atoms with Crippen LogP contribution in [0.3, 0.4) is 0 Å². The van der Waals surface area contributed by atoms with Crippen LogP contribution in [0, 0.1) is 0 Å². The molecule has 2 fully saturated rings. The lowest BCUT2D eigenvalue weighted by molar-refractivity contribution is -0.122. The SMILES string of the molecule is CCC1(C(=O)Nc2ccc(OC3CCCC3)cc2)CCCN1. The molecule has 1 saturated heterocycles. The predicted octanol–water partition coefficient (Wildman–Crippen LogP) is 3.48. The highest BCUT2D eigenvalue weighted by molar-refractivity contribution is 5.98. The van der Waals surface area contributed by atoms with Crippen molar-refractivity contribution in [3.05, 3.63) is 24.3 Å². The van der Waals surface area contributed by atoms with Crippen LogP contribution < -0.4 is 15.4 Å². The maximum absolute atomic E-state index is 12.5. The summed E-state index contributed by atoms with van der Waals surface area (Å²) in [6, 6.07) is 7.77. The van der Waals surface area contributed by atoms with Crippen molar-refractivity contribution in [1.29, 1.82) is 0 Å². The minimum Gasteiger partial charge on any atom is -0.490 e. The van der Waals surface area contributed by atoms with Gasteiger partial charge in [-0.15, -0.1) is 0 Å². The summed E-state index contributed by atoms with van der Waals surface area (Å²) in [6.07, 6.45) is 8.02. The topological polar surface area (TPSA) is 50.4 Å². The molecule has 0 bridgehead atoms. The number of anilines is 1. The second-order valence-electron chi connectivity index (χ2n) is 6.47. The molecule has 22 heavy (non-hydrogen) atoms. The van der Waals surface area contributed by atoms with E-state index in [1.54, 1.807) is 0 Å². The third-order valence-corrected chi connectivity index (χ3v) is 5.00. The van der Waals surface area contributed by atoms with E-state index in [0.29, 0.717) is 6.10 Å². The van der Waals surface area contributed by atoms with Gasteiger partial charge in [0.1, 0.15) is 5.75 Å². The summed E-state index contributed by atoms with van der Waals surface area (Å²) in [7, 11) is 0. The number of benzene rings is 1. The van der Waals surface area contributed by atoms with Gasteiger partial charge in [0.15, 0.2) is 0 Å². The molecule has 0 aromatic heterocycles. The Morgan fingerprint density at radius 2 is 2.00 bits per heavy atom. The first kappa shape index (κ1) is 15.3. The summed E-state index contributed by atoms with van der Waals surface area (Å²) in [5.74, 6) is 0.978. The molecular weight excluding hydrogens is 276 g/mol. The molecule has 120 valence electrons. The number of amides is 1. The van der Waals surface area contributed by atoms with Gasteiger partial charge in [0.25, 0.3) is 0 Å². The number of nitrogens with one attached hydrogen (secondary N) is 2. The fourth-order valence-corrected chi connectivity index (χ4v) is 3.53. The number of rotatable bonds is 5. The Morgan fingerprint density at radius 1 is 1.27 bits per heavy atom. The monoisotopic (exact) mass is 302 g/mol. The fraction of sp³-hybridized carbons (Fsp3) is 0.611. The zero-order valence-electron chi connectivity index (χ0n) is 13.4. The molecule has 2 aliphatic rings. The molecule has 1 unspecified atom stereocenters. The van der Waals surface area contributed by atoms with Crippen molar-refractivity contribution in [2.24, 2.45) is 0 Å². The molecule has 1 amide bonds. The van der Waals surface area contributed by atoms with Gasteiger partial charge in [0.2, 0.25) is 5.91 Å². The zero-order chi connectivity index (χ0) is 15.4. The first-order valence-corrected chi connectivity index (χ1v) is 8.55. The summed E-state index contributed by atoms with van der Waals surface area (Å²) >= 11 is 0. The van der Waals surface area contributed by atoms with Crippen molar-refractivity contribution >= 4 is 11.6 Å². The van der Waals surface area contributed by atoms with Gasteiger partial charge in [-0.3, -0.25) is 4.79 Å². The lowest BCUT2D eigenvalue weighted by atomic mass is 9.93. The smallest absolute Gasteiger partial charge is 0.244 e. The van der Waals surface area contributed by atoms with Crippen molar-refractivity contribution < 1.29 is 9.53 Å². The van der Waals surface area contributed by atoms with Crippen molar-refractivity contribution in [2.75, 3.05) is 11.9 Å². The van der Waals surface area contributed by atoms with Gasteiger partial charge in [-0.25, -0.2) is 0 Å². The van der Waals surface area contributed by atoms with E-state index in [0.717, 1.165) is 50.1 Å². The Morgan fingerprint density at radius 3 is 2.59 bits per heavy atom. The lowest BCUT2D eigenvalue weighted by Gasteiger charge is -2.26. The summed E-state index contributed by atoms with van der Waals surface area (Å²) in [4.78, 5) is 12.5. The Labute approximate surface area is 132 Å².